The van der Waals surface area contributed by atoms with Crippen LogP contribution < -0.4 is 5.56 Å². The van der Waals surface area contributed by atoms with Gasteiger partial charge in [0.1, 0.15) is 17.4 Å². The number of carboxylic acids is 1. The number of carbonyl (C=O) groups is 2. The zero-order chi connectivity index (χ0) is 23.4. The maximum Gasteiger partial charge on any atom is 0.376 e. The SMILES string of the molecule is Cc1cccc(Cn2cc(Cc3ccc(F)cc3F)cc(/C(O)=C/C(=O)C(=O)O)c2=O)c1. The third-order valence-corrected chi connectivity index (χ3v) is 4.74. The molecule has 0 bridgehead atoms. The molecule has 0 unspecified atom stereocenters. The van der Waals surface area contributed by atoms with Crippen LogP contribution in [0.3, 0.4) is 0 Å². The van der Waals surface area contributed by atoms with Crippen molar-refractivity contribution in [3.05, 3.63) is 111 Å². The number of rotatable bonds is 7. The number of benzene rings is 2. The number of aliphatic hydroxyl groups excluding tert-OH is 1. The minimum atomic E-state index is -1.79. The number of carbonyl (C=O) groups excluding carboxylic acids is 1. The molecule has 1 heterocycles. The molecule has 0 aliphatic rings. The lowest BCUT2D eigenvalue weighted by Crippen LogP contribution is -2.25. The Labute approximate surface area is 181 Å². The van der Waals surface area contributed by atoms with Gasteiger partial charge in [0, 0.05) is 24.8 Å². The molecule has 0 aliphatic carbocycles. The van der Waals surface area contributed by atoms with E-state index >= 15 is 0 Å². The van der Waals surface area contributed by atoms with Gasteiger partial charge in [0.05, 0.1) is 12.1 Å². The smallest absolute Gasteiger partial charge is 0.376 e. The van der Waals surface area contributed by atoms with Gasteiger partial charge in [-0.2, -0.15) is 0 Å². The van der Waals surface area contributed by atoms with Crippen molar-refractivity contribution < 1.29 is 28.6 Å². The first-order valence-electron chi connectivity index (χ1n) is 9.55. The Hall–Kier alpha value is -4.07. The van der Waals surface area contributed by atoms with Crippen molar-refractivity contribution in [1.82, 2.24) is 4.57 Å². The summed E-state index contributed by atoms with van der Waals surface area (Å²) in [5.41, 5.74) is 1.32. The van der Waals surface area contributed by atoms with Gasteiger partial charge in [-0.05, 0) is 35.7 Å². The van der Waals surface area contributed by atoms with E-state index in [9.17, 15) is 28.3 Å². The fourth-order valence-corrected chi connectivity index (χ4v) is 3.25. The summed E-state index contributed by atoms with van der Waals surface area (Å²) in [7, 11) is 0. The van der Waals surface area contributed by atoms with E-state index in [4.69, 9.17) is 5.11 Å². The second-order valence-electron chi connectivity index (χ2n) is 7.30. The highest BCUT2D eigenvalue weighted by atomic mass is 19.1. The predicted molar refractivity (Wildman–Crippen MR) is 113 cm³/mol. The van der Waals surface area contributed by atoms with Crippen molar-refractivity contribution in [2.75, 3.05) is 0 Å². The van der Waals surface area contributed by atoms with Gasteiger partial charge in [0.15, 0.2) is 0 Å². The Morgan fingerprint density at radius 3 is 2.44 bits per heavy atom. The van der Waals surface area contributed by atoms with Crippen LogP contribution in [0.1, 0.15) is 27.8 Å². The second-order valence-corrected chi connectivity index (χ2v) is 7.30. The summed E-state index contributed by atoms with van der Waals surface area (Å²) in [4.78, 5) is 35.2. The van der Waals surface area contributed by atoms with E-state index in [2.05, 4.69) is 0 Å². The second kappa shape index (κ2) is 9.38. The topological polar surface area (TPSA) is 96.6 Å². The number of hydrogen-bond acceptors (Lipinski definition) is 4. The van der Waals surface area contributed by atoms with Crippen LogP contribution in [-0.4, -0.2) is 26.5 Å². The molecule has 2 N–H and O–H groups in total. The lowest BCUT2D eigenvalue weighted by molar-refractivity contribution is -0.146. The first-order chi connectivity index (χ1) is 15.1. The predicted octanol–water partition coefficient (Wildman–Crippen LogP) is 3.63. The molecule has 0 atom stereocenters. The molecule has 2 aromatic carbocycles. The van der Waals surface area contributed by atoms with E-state index in [1.807, 2.05) is 25.1 Å². The van der Waals surface area contributed by atoms with Crippen LogP contribution in [0.25, 0.3) is 5.76 Å². The number of pyridine rings is 1. The molecule has 0 aliphatic heterocycles. The third kappa shape index (κ3) is 5.34. The van der Waals surface area contributed by atoms with Crippen LogP contribution in [0.2, 0.25) is 0 Å². The minimum absolute atomic E-state index is 0.0344. The number of aliphatic carboxylic acids is 1. The highest BCUT2D eigenvalue weighted by Crippen LogP contribution is 2.18. The van der Waals surface area contributed by atoms with Gasteiger partial charge in [0.2, 0.25) is 0 Å². The molecule has 0 radical (unpaired) electrons. The molecule has 8 heteroatoms. The largest absolute Gasteiger partial charge is 0.507 e. The van der Waals surface area contributed by atoms with Crippen LogP contribution in [0, 0.1) is 18.6 Å². The molecule has 3 aromatic rings. The fourth-order valence-electron chi connectivity index (χ4n) is 3.25. The van der Waals surface area contributed by atoms with Crippen LogP contribution >= 0.6 is 0 Å². The van der Waals surface area contributed by atoms with Crippen molar-refractivity contribution >= 4 is 17.5 Å². The van der Waals surface area contributed by atoms with Crippen molar-refractivity contribution in [3.63, 3.8) is 0 Å². The van der Waals surface area contributed by atoms with E-state index in [1.54, 1.807) is 6.07 Å². The molecule has 1 aromatic heterocycles. The number of aromatic nitrogens is 1. The zero-order valence-electron chi connectivity index (χ0n) is 17.0. The summed E-state index contributed by atoms with van der Waals surface area (Å²) < 4.78 is 28.7. The first-order valence-corrected chi connectivity index (χ1v) is 9.55. The number of carboxylic acid groups (broad SMARTS) is 1. The normalized spacial score (nSPS) is 11.4. The molecule has 3 rings (SSSR count). The molecule has 32 heavy (non-hydrogen) atoms. The summed E-state index contributed by atoms with van der Waals surface area (Å²) in [6.45, 7) is 2.00. The Bertz CT molecular complexity index is 1290. The molecular formula is C24H19F2NO5. The Kier molecular flexibility index (Phi) is 6.63. The fraction of sp³-hybridized carbons (Fsp3) is 0.125. The number of ketones is 1. The highest BCUT2D eigenvalue weighted by Gasteiger charge is 2.16. The molecule has 0 saturated heterocycles. The monoisotopic (exact) mass is 439 g/mol. The van der Waals surface area contributed by atoms with Crippen LogP contribution in [0.4, 0.5) is 8.78 Å². The Morgan fingerprint density at radius 2 is 1.78 bits per heavy atom. The van der Waals surface area contributed by atoms with Crippen LogP contribution in [-0.2, 0) is 22.6 Å². The minimum Gasteiger partial charge on any atom is -0.507 e. The van der Waals surface area contributed by atoms with Crippen molar-refractivity contribution in [2.24, 2.45) is 0 Å². The average molecular weight is 439 g/mol. The summed E-state index contributed by atoms with van der Waals surface area (Å²) in [6.07, 6.45) is 1.88. The van der Waals surface area contributed by atoms with Gasteiger partial charge in [-0.3, -0.25) is 9.59 Å². The quantitative estimate of drug-likeness (QED) is 0.333. The maximum atomic E-state index is 14.1. The highest BCUT2D eigenvalue weighted by molar-refractivity contribution is 6.38. The van der Waals surface area contributed by atoms with E-state index in [1.165, 1.54) is 22.9 Å². The molecule has 0 amide bonds. The summed E-state index contributed by atoms with van der Waals surface area (Å²) in [5.74, 6) is -5.52. The zero-order valence-corrected chi connectivity index (χ0v) is 17.0. The van der Waals surface area contributed by atoms with Gasteiger partial charge in [0.25, 0.3) is 11.3 Å². The molecule has 0 fully saturated rings. The van der Waals surface area contributed by atoms with Gasteiger partial charge in [-0.1, -0.05) is 35.9 Å². The molecule has 0 saturated carbocycles. The molecule has 6 nitrogen and oxygen atoms in total. The number of hydrogen-bond donors (Lipinski definition) is 2. The number of nitrogens with zero attached hydrogens (tertiary/aromatic N) is 1. The Morgan fingerprint density at radius 1 is 1.03 bits per heavy atom. The lowest BCUT2D eigenvalue weighted by Gasteiger charge is -2.13. The van der Waals surface area contributed by atoms with E-state index in [-0.39, 0.29) is 24.1 Å². The van der Waals surface area contributed by atoms with Crippen molar-refractivity contribution in [3.8, 4) is 0 Å². The van der Waals surface area contributed by atoms with E-state index in [0.717, 1.165) is 23.3 Å². The van der Waals surface area contributed by atoms with Crippen LogP contribution in [0.5, 0.6) is 0 Å². The molecule has 164 valence electrons. The lowest BCUT2D eigenvalue weighted by atomic mass is 10.0. The molecular weight excluding hydrogens is 420 g/mol. The van der Waals surface area contributed by atoms with E-state index < -0.39 is 34.7 Å². The average Bonchev–Trinajstić information content (AvgIpc) is 2.72. The third-order valence-electron chi connectivity index (χ3n) is 4.74. The van der Waals surface area contributed by atoms with Gasteiger partial charge < -0.3 is 14.8 Å². The number of halogens is 2. The summed E-state index contributed by atoms with van der Waals surface area (Å²) in [5, 5.41) is 19.0. The molecule has 0 spiro atoms. The van der Waals surface area contributed by atoms with Gasteiger partial charge in [-0.25, -0.2) is 13.6 Å². The van der Waals surface area contributed by atoms with Gasteiger partial charge >= 0.3 is 5.97 Å². The Balaban J connectivity index is 2.10. The number of aliphatic hydroxyl groups is 1. The maximum absolute atomic E-state index is 14.1. The van der Waals surface area contributed by atoms with Crippen molar-refractivity contribution in [2.45, 2.75) is 19.9 Å². The number of aryl methyl sites for hydroxylation is 1. The van der Waals surface area contributed by atoms with Crippen LogP contribution in [0.15, 0.2) is 65.6 Å². The summed E-state index contributed by atoms with van der Waals surface area (Å²) in [6, 6.07) is 11.7. The van der Waals surface area contributed by atoms with Gasteiger partial charge in [-0.15, -0.1) is 0 Å². The first kappa shape index (κ1) is 22.6. The van der Waals surface area contributed by atoms with Crippen molar-refractivity contribution in [1.29, 1.82) is 0 Å². The summed E-state index contributed by atoms with van der Waals surface area (Å²) >= 11 is 0. The standard InChI is InChI=1S/C24H19F2NO5/c1-14-3-2-4-15(7-14)12-27-13-16(8-17-5-6-18(25)10-20(17)26)9-19(23(27)30)21(28)11-22(29)24(31)32/h2-7,9-11,13,28H,8,12H2,1H3,(H,31,32)/b21-11-. The van der Waals surface area contributed by atoms with E-state index in [0.29, 0.717) is 11.6 Å².